The van der Waals surface area contributed by atoms with Crippen molar-refractivity contribution in [2.45, 2.75) is 13.3 Å². The molecule has 1 aromatic rings. The van der Waals surface area contributed by atoms with Gasteiger partial charge in [-0.2, -0.15) is 0 Å². The number of methoxy groups -OCH3 is 1. The number of hydrogen-bond donors (Lipinski definition) is 0. The molecule has 0 aromatic carbocycles. The zero-order valence-corrected chi connectivity index (χ0v) is 10.4. The Balaban J connectivity index is 2.14. The van der Waals surface area contributed by atoms with Crippen molar-refractivity contribution in [3.63, 3.8) is 0 Å². The van der Waals surface area contributed by atoms with E-state index >= 15 is 0 Å². The van der Waals surface area contributed by atoms with Crippen LogP contribution in [0.3, 0.4) is 0 Å². The first-order valence-electron chi connectivity index (χ1n) is 5.09. The first-order valence-corrected chi connectivity index (χ1v) is 5.97. The summed E-state index contributed by atoms with van der Waals surface area (Å²) < 4.78 is 9.96. The number of hydrogen-bond acceptors (Lipinski definition) is 4. The van der Waals surface area contributed by atoms with E-state index in [4.69, 9.17) is 4.74 Å². The first-order chi connectivity index (χ1) is 7.74. The van der Waals surface area contributed by atoms with Gasteiger partial charge in [0.25, 0.3) is 0 Å². The van der Waals surface area contributed by atoms with E-state index in [2.05, 4.69) is 16.2 Å². The van der Waals surface area contributed by atoms with Crippen LogP contribution in [-0.2, 0) is 20.7 Å². The maximum Gasteiger partial charge on any atom is 0.333 e. The molecule has 0 atom stereocenters. The van der Waals surface area contributed by atoms with E-state index in [-0.39, 0.29) is 5.97 Å². The van der Waals surface area contributed by atoms with Crippen molar-refractivity contribution < 1.29 is 14.3 Å². The lowest BCUT2D eigenvalue weighted by atomic mass is 10.3. The van der Waals surface area contributed by atoms with Crippen LogP contribution in [0.15, 0.2) is 29.2 Å². The van der Waals surface area contributed by atoms with Crippen LogP contribution < -0.4 is 0 Å². The summed E-state index contributed by atoms with van der Waals surface area (Å²) >= 11 is 1.73. The molecule has 0 saturated heterocycles. The molecule has 88 valence electrons. The molecule has 0 bridgehead atoms. The normalized spacial score (nSPS) is 11.5. The van der Waals surface area contributed by atoms with Crippen molar-refractivity contribution >= 4 is 17.3 Å². The number of carbonyl (C=O) groups is 1. The summed E-state index contributed by atoms with van der Waals surface area (Å²) in [5.74, 6) is -0.304. The third-order valence-electron chi connectivity index (χ3n) is 2.09. The predicted molar refractivity (Wildman–Crippen MR) is 64.6 cm³/mol. The molecule has 0 aliphatic heterocycles. The van der Waals surface area contributed by atoms with Crippen LogP contribution in [0, 0.1) is 0 Å². The highest BCUT2D eigenvalue weighted by atomic mass is 32.1. The number of esters is 1. The van der Waals surface area contributed by atoms with Crippen molar-refractivity contribution in [3.8, 4) is 0 Å². The van der Waals surface area contributed by atoms with Gasteiger partial charge in [-0.1, -0.05) is 6.07 Å². The standard InChI is InChI=1S/C12H16O3S/c1-10(12(13)14-2)5-7-15-8-6-11-4-3-9-16-11/h3-5,9H,6-8H2,1-2H3. The Morgan fingerprint density at radius 3 is 3.00 bits per heavy atom. The maximum absolute atomic E-state index is 11.0. The van der Waals surface area contributed by atoms with E-state index in [9.17, 15) is 4.79 Å². The second-order valence-electron chi connectivity index (χ2n) is 3.28. The van der Waals surface area contributed by atoms with Crippen LogP contribution in [0.25, 0.3) is 0 Å². The Kier molecular flexibility index (Phi) is 5.82. The highest BCUT2D eigenvalue weighted by Gasteiger charge is 2.01. The van der Waals surface area contributed by atoms with E-state index in [1.807, 2.05) is 6.07 Å². The van der Waals surface area contributed by atoms with Crippen LogP contribution in [0.2, 0.25) is 0 Å². The highest BCUT2D eigenvalue weighted by molar-refractivity contribution is 7.09. The van der Waals surface area contributed by atoms with Crippen LogP contribution in [0.1, 0.15) is 11.8 Å². The largest absolute Gasteiger partial charge is 0.466 e. The minimum atomic E-state index is -0.304. The topological polar surface area (TPSA) is 35.5 Å². The zero-order valence-electron chi connectivity index (χ0n) is 9.56. The summed E-state index contributed by atoms with van der Waals surface area (Å²) in [5, 5.41) is 2.05. The van der Waals surface area contributed by atoms with Gasteiger partial charge in [0.2, 0.25) is 0 Å². The second kappa shape index (κ2) is 7.19. The Morgan fingerprint density at radius 2 is 2.38 bits per heavy atom. The Hall–Kier alpha value is -1.13. The summed E-state index contributed by atoms with van der Waals surface area (Å²) in [4.78, 5) is 12.3. The van der Waals surface area contributed by atoms with Gasteiger partial charge in [-0.15, -0.1) is 11.3 Å². The molecule has 0 aliphatic rings. The highest BCUT2D eigenvalue weighted by Crippen LogP contribution is 2.08. The van der Waals surface area contributed by atoms with Crippen molar-refractivity contribution in [1.29, 1.82) is 0 Å². The third kappa shape index (κ3) is 4.59. The first kappa shape index (κ1) is 12.9. The minimum absolute atomic E-state index is 0.304. The zero-order chi connectivity index (χ0) is 11.8. The van der Waals surface area contributed by atoms with E-state index in [1.54, 1.807) is 24.3 Å². The van der Waals surface area contributed by atoms with Gasteiger partial charge in [-0.3, -0.25) is 0 Å². The monoisotopic (exact) mass is 240 g/mol. The summed E-state index contributed by atoms with van der Waals surface area (Å²) in [7, 11) is 1.37. The van der Waals surface area contributed by atoms with Crippen molar-refractivity contribution in [1.82, 2.24) is 0 Å². The lowest BCUT2D eigenvalue weighted by molar-refractivity contribution is -0.136. The molecule has 3 nitrogen and oxygen atoms in total. The van der Waals surface area contributed by atoms with E-state index in [0.717, 1.165) is 6.42 Å². The number of thiophene rings is 1. The van der Waals surface area contributed by atoms with E-state index in [1.165, 1.54) is 12.0 Å². The van der Waals surface area contributed by atoms with Crippen molar-refractivity contribution in [3.05, 3.63) is 34.0 Å². The van der Waals surface area contributed by atoms with Gasteiger partial charge >= 0.3 is 5.97 Å². The molecule has 0 amide bonds. The Morgan fingerprint density at radius 1 is 1.56 bits per heavy atom. The van der Waals surface area contributed by atoms with Gasteiger partial charge in [-0.25, -0.2) is 4.79 Å². The Labute approximate surface area is 99.7 Å². The molecule has 0 radical (unpaired) electrons. The van der Waals surface area contributed by atoms with Crippen molar-refractivity contribution in [2.75, 3.05) is 20.3 Å². The molecule has 16 heavy (non-hydrogen) atoms. The lowest BCUT2D eigenvalue weighted by Gasteiger charge is -2.01. The number of ether oxygens (including phenoxy) is 2. The minimum Gasteiger partial charge on any atom is -0.466 e. The lowest BCUT2D eigenvalue weighted by Crippen LogP contribution is -2.04. The van der Waals surface area contributed by atoms with E-state index in [0.29, 0.717) is 18.8 Å². The summed E-state index contributed by atoms with van der Waals surface area (Å²) in [6.45, 7) is 2.84. The summed E-state index contributed by atoms with van der Waals surface area (Å²) in [5.41, 5.74) is 0.582. The van der Waals surface area contributed by atoms with Crippen molar-refractivity contribution in [2.24, 2.45) is 0 Å². The smallest absolute Gasteiger partial charge is 0.333 e. The average Bonchev–Trinajstić information content (AvgIpc) is 2.80. The fraction of sp³-hybridized carbons (Fsp3) is 0.417. The predicted octanol–water partition coefficient (Wildman–Crippen LogP) is 2.43. The molecule has 0 fully saturated rings. The second-order valence-corrected chi connectivity index (χ2v) is 4.32. The third-order valence-corrected chi connectivity index (χ3v) is 3.02. The van der Waals surface area contributed by atoms with Gasteiger partial charge in [0.05, 0.1) is 20.3 Å². The molecule has 1 heterocycles. The van der Waals surface area contributed by atoms with Crippen LogP contribution in [0.5, 0.6) is 0 Å². The summed E-state index contributed by atoms with van der Waals surface area (Å²) in [6, 6.07) is 4.12. The Bertz CT molecular complexity index is 341. The van der Waals surface area contributed by atoms with Gasteiger partial charge in [0, 0.05) is 16.9 Å². The fourth-order valence-corrected chi connectivity index (χ4v) is 1.83. The van der Waals surface area contributed by atoms with Crippen LogP contribution in [-0.4, -0.2) is 26.3 Å². The maximum atomic E-state index is 11.0. The van der Waals surface area contributed by atoms with Gasteiger partial charge < -0.3 is 9.47 Å². The van der Waals surface area contributed by atoms with Crippen LogP contribution >= 0.6 is 11.3 Å². The summed E-state index contributed by atoms with van der Waals surface area (Å²) in [6.07, 6.45) is 2.66. The number of carbonyl (C=O) groups excluding carboxylic acids is 1. The van der Waals surface area contributed by atoms with Crippen LogP contribution in [0.4, 0.5) is 0 Å². The molecule has 0 unspecified atom stereocenters. The molecule has 0 saturated carbocycles. The van der Waals surface area contributed by atoms with Gasteiger partial charge in [0.15, 0.2) is 0 Å². The SMILES string of the molecule is COC(=O)C(C)=CCOCCc1cccs1. The quantitative estimate of drug-likeness (QED) is 0.435. The van der Waals surface area contributed by atoms with E-state index < -0.39 is 0 Å². The molecule has 0 N–H and O–H groups in total. The molecular formula is C12H16O3S. The van der Waals surface area contributed by atoms with Gasteiger partial charge in [-0.05, 0) is 24.4 Å². The molecule has 0 aliphatic carbocycles. The molecule has 1 aromatic heterocycles. The van der Waals surface area contributed by atoms with Gasteiger partial charge in [0.1, 0.15) is 0 Å². The molecule has 1 rings (SSSR count). The fourth-order valence-electron chi connectivity index (χ4n) is 1.14. The molecule has 4 heteroatoms. The number of rotatable bonds is 6. The average molecular weight is 240 g/mol. The molecule has 0 spiro atoms. The molecular weight excluding hydrogens is 224 g/mol.